The van der Waals surface area contributed by atoms with Crippen molar-refractivity contribution < 1.29 is 5.11 Å². The van der Waals surface area contributed by atoms with Gasteiger partial charge in [0, 0.05) is 18.6 Å². The maximum atomic E-state index is 10.2. The van der Waals surface area contributed by atoms with Crippen molar-refractivity contribution in [3.05, 3.63) is 0 Å². The van der Waals surface area contributed by atoms with Gasteiger partial charge in [0.15, 0.2) is 0 Å². The normalized spacial score (nSPS) is 34.6. The summed E-state index contributed by atoms with van der Waals surface area (Å²) in [5.41, 5.74) is 0. The smallest absolute Gasteiger partial charge is 0.0667 e. The van der Waals surface area contributed by atoms with Gasteiger partial charge < -0.3 is 15.3 Å². The third-order valence-corrected chi connectivity index (χ3v) is 5.54. The van der Waals surface area contributed by atoms with Gasteiger partial charge in [0.1, 0.15) is 0 Å². The van der Waals surface area contributed by atoms with Crippen LogP contribution in [0.4, 0.5) is 0 Å². The minimum Gasteiger partial charge on any atom is -0.392 e. The second kappa shape index (κ2) is 6.55. The summed E-state index contributed by atoms with van der Waals surface area (Å²) in [6, 6.07) is 1.48. The molecule has 3 heteroatoms. The van der Waals surface area contributed by atoms with E-state index in [0.29, 0.717) is 6.04 Å². The molecule has 2 aliphatic heterocycles. The Labute approximate surface area is 117 Å². The summed E-state index contributed by atoms with van der Waals surface area (Å²) in [7, 11) is 0. The zero-order valence-electron chi connectivity index (χ0n) is 12.2. The molecule has 2 heterocycles. The lowest BCUT2D eigenvalue weighted by Gasteiger charge is -2.35. The highest BCUT2D eigenvalue weighted by Gasteiger charge is 2.31. The Morgan fingerprint density at radius 1 is 1.05 bits per heavy atom. The molecule has 0 aromatic carbocycles. The number of aliphatic hydroxyl groups excluding tert-OH is 1. The van der Waals surface area contributed by atoms with E-state index in [1.165, 1.54) is 64.5 Å². The Balaban J connectivity index is 1.35. The van der Waals surface area contributed by atoms with Crippen LogP contribution in [-0.2, 0) is 0 Å². The van der Waals surface area contributed by atoms with Crippen LogP contribution in [0.15, 0.2) is 0 Å². The first-order chi connectivity index (χ1) is 9.31. The van der Waals surface area contributed by atoms with Gasteiger partial charge in [0.25, 0.3) is 0 Å². The first kappa shape index (κ1) is 13.8. The number of aliphatic hydroxyl groups is 1. The first-order valence-corrected chi connectivity index (χ1v) is 8.47. The number of hydrogen-bond donors (Lipinski definition) is 2. The summed E-state index contributed by atoms with van der Waals surface area (Å²) in [5, 5.41) is 13.8. The van der Waals surface area contributed by atoms with Crippen molar-refractivity contribution in [3.63, 3.8) is 0 Å². The fourth-order valence-corrected chi connectivity index (χ4v) is 4.43. The van der Waals surface area contributed by atoms with Crippen LogP contribution in [0.25, 0.3) is 0 Å². The van der Waals surface area contributed by atoms with Crippen LogP contribution in [0.1, 0.15) is 57.8 Å². The van der Waals surface area contributed by atoms with E-state index in [1.807, 2.05) is 0 Å². The van der Waals surface area contributed by atoms with E-state index in [9.17, 15) is 5.11 Å². The minimum atomic E-state index is -0.121. The van der Waals surface area contributed by atoms with E-state index in [1.54, 1.807) is 0 Å². The monoisotopic (exact) mass is 266 g/mol. The highest BCUT2D eigenvalue weighted by molar-refractivity contribution is 4.89. The molecule has 3 fully saturated rings. The fraction of sp³-hybridized carbons (Fsp3) is 1.00. The standard InChI is InChI=1S/C16H30N2O/c19-16(10-13-4-1-2-5-13)12-17-14-7-9-18-8-3-6-15(18)11-14/h13-17,19H,1-12H2. The lowest BCUT2D eigenvalue weighted by atomic mass is 9.96. The number of piperidine rings is 1. The zero-order chi connectivity index (χ0) is 13.1. The van der Waals surface area contributed by atoms with Crippen LogP contribution in [0.5, 0.6) is 0 Å². The summed E-state index contributed by atoms with van der Waals surface area (Å²) in [5.74, 6) is 0.800. The zero-order valence-corrected chi connectivity index (χ0v) is 12.2. The van der Waals surface area contributed by atoms with Crippen molar-refractivity contribution >= 4 is 0 Å². The van der Waals surface area contributed by atoms with Gasteiger partial charge in [-0.15, -0.1) is 0 Å². The lowest BCUT2D eigenvalue weighted by Crippen LogP contribution is -2.47. The summed E-state index contributed by atoms with van der Waals surface area (Å²) >= 11 is 0. The summed E-state index contributed by atoms with van der Waals surface area (Å²) in [4.78, 5) is 2.66. The molecule has 3 nitrogen and oxygen atoms in total. The van der Waals surface area contributed by atoms with Crippen LogP contribution in [0.2, 0.25) is 0 Å². The molecule has 1 aliphatic carbocycles. The van der Waals surface area contributed by atoms with Crippen LogP contribution in [-0.4, -0.2) is 47.8 Å². The Bertz CT molecular complexity index is 278. The van der Waals surface area contributed by atoms with Crippen molar-refractivity contribution in [2.24, 2.45) is 5.92 Å². The van der Waals surface area contributed by atoms with Gasteiger partial charge in [-0.05, 0) is 51.1 Å². The highest BCUT2D eigenvalue weighted by atomic mass is 16.3. The van der Waals surface area contributed by atoms with E-state index < -0.39 is 0 Å². The molecule has 3 aliphatic rings. The van der Waals surface area contributed by atoms with Gasteiger partial charge in [0.2, 0.25) is 0 Å². The topological polar surface area (TPSA) is 35.5 Å². The van der Waals surface area contributed by atoms with E-state index in [0.717, 1.165) is 24.9 Å². The molecule has 3 unspecified atom stereocenters. The molecule has 0 aromatic rings. The number of nitrogens with one attached hydrogen (secondary N) is 1. The number of fused-ring (bicyclic) bond motifs is 1. The average molecular weight is 266 g/mol. The van der Waals surface area contributed by atoms with E-state index in [2.05, 4.69) is 10.2 Å². The molecule has 110 valence electrons. The van der Waals surface area contributed by atoms with Crippen LogP contribution in [0, 0.1) is 5.92 Å². The summed E-state index contributed by atoms with van der Waals surface area (Å²) < 4.78 is 0. The van der Waals surface area contributed by atoms with E-state index in [-0.39, 0.29) is 6.10 Å². The lowest BCUT2D eigenvalue weighted by molar-refractivity contribution is 0.120. The molecule has 19 heavy (non-hydrogen) atoms. The molecular formula is C16H30N2O. The van der Waals surface area contributed by atoms with Crippen molar-refractivity contribution in [2.45, 2.75) is 76.0 Å². The second-order valence-electron chi connectivity index (χ2n) is 7.00. The molecular weight excluding hydrogens is 236 g/mol. The second-order valence-corrected chi connectivity index (χ2v) is 7.00. The third kappa shape index (κ3) is 3.71. The van der Waals surface area contributed by atoms with E-state index in [4.69, 9.17) is 0 Å². The Kier molecular flexibility index (Phi) is 4.78. The number of rotatable bonds is 5. The molecule has 0 amide bonds. The molecule has 0 bridgehead atoms. The first-order valence-electron chi connectivity index (χ1n) is 8.47. The number of hydrogen-bond acceptors (Lipinski definition) is 3. The Morgan fingerprint density at radius 2 is 1.89 bits per heavy atom. The Hall–Kier alpha value is -0.120. The van der Waals surface area contributed by atoms with Gasteiger partial charge >= 0.3 is 0 Å². The Morgan fingerprint density at radius 3 is 2.74 bits per heavy atom. The largest absolute Gasteiger partial charge is 0.392 e. The van der Waals surface area contributed by atoms with Crippen LogP contribution >= 0.6 is 0 Å². The molecule has 0 radical (unpaired) electrons. The van der Waals surface area contributed by atoms with Gasteiger partial charge in [-0.3, -0.25) is 0 Å². The van der Waals surface area contributed by atoms with Crippen LogP contribution in [0.3, 0.4) is 0 Å². The summed E-state index contributed by atoms with van der Waals surface area (Å²) in [6.45, 7) is 3.40. The fourth-order valence-electron chi connectivity index (χ4n) is 4.43. The predicted molar refractivity (Wildman–Crippen MR) is 78.2 cm³/mol. The SMILES string of the molecule is OC(CNC1CCN2CCCC2C1)CC1CCCC1. The highest BCUT2D eigenvalue weighted by Crippen LogP contribution is 2.29. The number of nitrogens with zero attached hydrogens (tertiary/aromatic N) is 1. The molecule has 2 N–H and O–H groups in total. The predicted octanol–water partition coefficient (Wildman–Crippen LogP) is 2.14. The van der Waals surface area contributed by atoms with Crippen molar-refractivity contribution in [1.29, 1.82) is 0 Å². The van der Waals surface area contributed by atoms with Crippen molar-refractivity contribution in [1.82, 2.24) is 10.2 Å². The minimum absolute atomic E-state index is 0.121. The molecule has 0 spiro atoms. The molecule has 2 saturated heterocycles. The molecule has 3 rings (SSSR count). The van der Waals surface area contributed by atoms with Crippen molar-refractivity contribution in [3.8, 4) is 0 Å². The van der Waals surface area contributed by atoms with Gasteiger partial charge in [-0.2, -0.15) is 0 Å². The van der Waals surface area contributed by atoms with E-state index >= 15 is 0 Å². The maximum Gasteiger partial charge on any atom is 0.0667 e. The third-order valence-electron chi connectivity index (χ3n) is 5.54. The van der Waals surface area contributed by atoms with Gasteiger partial charge in [-0.1, -0.05) is 25.7 Å². The maximum absolute atomic E-state index is 10.2. The van der Waals surface area contributed by atoms with Gasteiger partial charge in [-0.25, -0.2) is 0 Å². The van der Waals surface area contributed by atoms with Gasteiger partial charge in [0.05, 0.1) is 6.10 Å². The summed E-state index contributed by atoms with van der Waals surface area (Å²) in [6.07, 6.45) is 11.7. The molecule has 1 saturated carbocycles. The average Bonchev–Trinajstić information content (AvgIpc) is 3.06. The molecule has 3 atom stereocenters. The van der Waals surface area contributed by atoms with Crippen LogP contribution < -0.4 is 5.32 Å². The quantitative estimate of drug-likeness (QED) is 0.800. The molecule has 0 aromatic heterocycles. The van der Waals surface area contributed by atoms with Crippen molar-refractivity contribution in [2.75, 3.05) is 19.6 Å².